The van der Waals surface area contributed by atoms with E-state index in [1.165, 1.54) is 11.3 Å². The highest BCUT2D eigenvalue weighted by Gasteiger charge is 2.16. The average Bonchev–Trinajstić information content (AvgIpc) is 3.10. The fourth-order valence-electron chi connectivity index (χ4n) is 2.29. The van der Waals surface area contributed by atoms with Crippen LogP contribution in [0.2, 0.25) is 0 Å². The number of nitrogens with one attached hydrogen (secondary N) is 3. The van der Waals surface area contributed by atoms with Crippen LogP contribution in [0.15, 0.2) is 39.3 Å². The smallest absolute Gasteiger partial charge is 0.323 e. The molecule has 0 aliphatic heterocycles. The lowest BCUT2D eigenvalue weighted by molar-refractivity contribution is 0.0941. The first kappa shape index (κ1) is 14.9. The summed E-state index contributed by atoms with van der Waals surface area (Å²) in [5.41, 5.74) is 2.21. The van der Waals surface area contributed by atoms with Crippen molar-refractivity contribution in [3.05, 3.63) is 50.6 Å². The number of hydrogen-bond donors (Lipinski definition) is 3. The largest absolute Gasteiger partial charge is 0.345 e. The third kappa shape index (κ3) is 2.82. The number of carbonyl (C=O) groups excluding carboxylic acids is 1. The van der Waals surface area contributed by atoms with Crippen molar-refractivity contribution < 1.29 is 4.79 Å². The second kappa shape index (κ2) is 6.02. The highest BCUT2D eigenvalue weighted by molar-refractivity contribution is 7.98. The summed E-state index contributed by atoms with van der Waals surface area (Å²) in [6.07, 6.45) is 1.96. The standard InChI is InChI=1S/C15H15N3O2S2/c1-8(16-14(19)13-12(21-2)5-6-22-13)9-3-4-10-11(7-9)18-15(20)17-10/h3-8H,1-2H3,(H,16,19)(H2,17,18,20)/t8-/m1/s1. The lowest BCUT2D eigenvalue weighted by atomic mass is 10.1. The number of amides is 1. The summed E-state index contributed by atoms with van der Waals surface area (Å²) in [5.74, 6) is -0.0745. The normalized spacial score (nSPS) is 12.5. The van der Waals surface area contributed by atoms with E-state index in [-0.39, 0.29) is 17.6 Å². The zero-order chi connectivity index (χ0) is 15.7. The highest BCUT2D eigenvalue weighted by Crippen LogP contribution is 2.26. The summed E-state index contributed by atoms with van der Waals surface area (Å²) < 4.78 is 0. The number of rotatable bonds is 4. The van der Waals surface area contributed by atoms with Crippen molar-refractivity contribution in [1.82, 2.24) is 15.3 Å². The first-order valence-electron chi connectivity index (χ1n) is 6.73. The van der Waals surface area contributed by atoms with E-state index in [1.54, 1.807) is 11.8 Å². The fourth-order valence-corrected chi connectivity index (χ4v) is 3.94. The Bertz CT molecular complexity index is 878. The fraction of sp³-hybridized carbons (Fsp3) is 0.200. The van der Waals surface area contributed by atoms with E-state index in [0.717, 1.165) is 26.4 Å². The van der Waals surface area contributed by atoms with Crippen LogP contribution in [0.5, 0.6) is 0 Å². The molecule has 3 aromatic rings. The molecule has 0 aliphatic carbocycles. The van der Waals surface area contributed by atoms with Gasteiger partial charge in [-0.05, 0) is 42.3 Å². The van der Waals surface area contributed by atoms with Gasteiger partial charge < -0.3 is 15.3 Å². The van der Waals surface area contributed by atoms with E-state index in [1.807, 2.05) is 42.8 Å². The van der Waals surface area contributed by atoms with Crippen LogP contribution < -0.4 is 11.0 Å². The van der Waals surface area contributed by atoms with Gasteiger partial charge in [0.25, 0.3) is 5.91 Å². The lowest BCUT2D eigenvalue weighted by Gasteiger charge is -2.14. The SMILES string of the molecule is CSc1ccsc1C(=O)N[C@H](C)c1ccc2[nH]c(=O)[nH]c2c1. The number of carbonyl (C=O) groups is 1. The first-order valence-corrected chi connectivity index (χ1v) is 8.83. The van der Waals surface area contributed by atoms with Crippen molar-refractivity contribution in [2.45, 2.75) is 17.9 Å². The van der Waals surface area contributed by atoms with E-state index in [4.69, 9.17) is 0 Å². The van der Waals surface area contributed by atoms with E-state index >= 15 is 0 Å². The molecule has 1 aromatic carbocycles. The van der Waals surface area contributed by atoms with Gasteiger partial charge in [-0.2, -0.15) is 0 Å². The van der Waals surface area contributed by atoms with E-state index in [2.05, 4.69) is 15.3 Å². The summed E-state index contributed by atoms with van der Waals surface area (Å²) in [7, 11) is 0. The highest BCUT2D eigenvalue weighted by atomic mass is 32.2. The number of thiophene rings is 1. The quantitative estimate of drug-likeness (QED) is 0.642. The third-order valence-electron chi connectivity index (χ3n) is 3.44. The van der Waals surface area contributed by atoms with Gasteiger partial charge in [-0.3, -0.25) is 4.79 Å². The molecule has 2 heterocycles. The maximum Gasteiger partial charge on any atom is 0.323 e. The van der Waals surface area contributed by atoms with Gasteiger partial charge in [-0.25, -0.2) is 4.79 Å². The predicted molar refractivity (Wildman–Crippen MR) is 90.9 cm³/mol. The average molecular weight is 333 g/mol. The maximum atomic E-state index is 12.4. The van der Waals surface area contributed by atoms with Crippen molar-refractivity contribution in [1.29, 1.82) is 0 Å². The molecule has 114 valence electrons. The van der Waals surface area contributed by atoms with Crippen LogP contribution in [0.3, 0.4) is 0 Å². The van der Waals surface area contributed by atoms with E-state index < -0.39 is 0 Å². The molecule has 22 heavy (non-hydrogen) atoms. The molecule has 3 rings (SSSR count). The van der Waals surface area contributed by atoms with Crippen molar-refractivity contribution in [3.8, 4) is 0 Å². The monoisotopic (exact) mass is 333 g/mol. The molecule has 1 atom stereocenters. The molecule has 7 heteroatoms. The Labute approximate surface area is 135 Å². The minimum atomic E-state index is -0.230. The maximum absolute atomic E-state index is 12.4. The predicted octanol–water partition coefficient (Wildman–Crippen LogP) is 3.13. The van der Waals surface area contributed by atoms with Crippen molar-refractivity contribution in [2.24, 2.45) is 0 Å². The molecule has 0 spiro atoms. The Hall–Kier alpha value is -1.99. The number of thioether (sulfide) groups is 1. The number of aromatic nitrogens is 2. The molecule has 3 N–H and O–H groups in total. The molecule has 2 aromatic heterocycles. The Morgan fingerprint density at radius 3 is 2.82 bits per heavy atom. The number of hydrogen-bond acceptors (Lipinski definition) is 4. The van der Waals surface area contributed by atoms with Gasteiger partial charge >= 0.3 is 5.69 Å². The molecule has 5 nitrogen and oxygen atoms in total. The molecule has 0 radical (unpaired) electrons. The van der Waals surface area contributed by atoms with Crippen LogP contribution in [-0.4, -0.2) is 22.1 Å². The molecule has 0 unspecified atom stereocenters. The number of imidazole rings is 1. The molecular weight excluding hydrogens is 318 g/mol. The van der Waals surface area contributed by atoms with Gasteiger partial charge in [0, 0.05) is 4.90 Å². The van der Waals surface area contributed by atoms with Gasteiger partial charge in [-0.1, -0.05) is 6.07 Å². The molecule has 0 saturated carbocycles. The number of fused-ring (bicyclic) bond motifs is 1. The summed E-state index contributed by atoms with van der Waals surface area (Å²) in [6.45, 7) is 1.93. The Morgan fingerprint density at radius 2 is 2.05 bits per heavy atom. The minimum Gasteiger partial charge on any atom is -0.345 e. The first-order chi connectivity index (χ1) is 10.6. The summed E-state index contributed by atoms with van der Waals surface area (Å²) >= 11 is 3.00. The topological polar surface area (TPSA) is 77.8 Å². The Kier molecular flexibility index (Phi) is 4.08. The number of benzene rings is 1. The van der Waals surface area contributed by atoms with E-state index in [0.29, 0.717) is 0 Å². The summed E-state index contributed by atoms with van der Waals surface area (Å²) in [6, 6.07) is 7.42. The van der Waals surface area contributed by atoms with Gasteiger partial charge in [0.15, 0.2) is 0 Å². The molecule has 0 aliphatic rings. The van der Waals surface area contributed by atoms with Crippen molar-refractivity contribution in [2.75, 3.05) is 6.26 Å². The van der Waals surface area contributed by atoms with Crippen LogP contribution >= 0.6 is 23.1 Å². The number of H-pyrrole nitrogens is 2. The Balaban J connectivity index is 1.81. The Morgan fingerprint density at radius 1 is 1.27 bits per heavy atom. The van der Waals surface area contributed by atoms with Crippen LogP contribution in [0, 0.1) is 0 Å². The van der Waals surface area contributed by atoms with E-state index in [9.17, 15) is 9.59 Å². The molecule has 1 amide bonds. The van der Waals surface area contributed by atoms with Gasteiger partial charge in [-0.15, -0.1) is 23.1 Å². The molecular formula is C15H15N3O2S2. The zero-order valence-corrected chi connectivity index (χ0v) is 13.7. The van der Waals surface area contributed by atoms with Gasteiger partial charge in [0.05, 0.1) is 17.1 Å². The number of aromatic amines is 2. The second-order valence-electron chi connectivity index (χ2n) is 4.90. The third-order valence-corrected chi connectivity index (χ3v) is 5.27. The van der Waals surface area contributed by atoms with Gasteiger partial charge in [0.2, 0.25) is 0 Å². The second-order valence-corrected chi connectivity index (χ2v) is 6.66. The lowest BCUT2D eigenvalue weighted by Crippen LogP contribution is -2.26. The molecule has 0 bridgehead atoms. The minimum absolute atomic E-state index is 0.0745. The molecule has 0 saturated heterocycles. The molecule has 0 fully saturated rings. The van der Waals surface area contributed by atoms with Crippen molar-refractivity contribution >= 4 is 40.0 Å². The zero-order valence-electron chi connectivity index (χ0n) is 12.1. The van der Waals surface area contributed by atoms with Crippen LogP contribution in [0.25, 0.3) is 11.0 Å². The summed E-state index contributed by atoms with van der Waals surface area (Å²) in [5, 5.41) is 4.92. The van der Waals surface area contributed by atoms with Gasteiger partial charge in [0.1, 0.15) is 4.88 Å². The van der Waals surface area contributed by atoms with Crippen LogP contribution in [0.4, 0.5) is 0 Å². The van der Waals surface area contributed by atoms with Crippen molar-refractivity contribution in [3.63, 3.8) is 0 Å². The van der Waals surface area contributed by atoms with Crippen LogP contribution in [-0.2, 0) is 0 Å². The summed E-state index contributed by atoms with van der Waals surface area (Å²) in [4.78, 5) is 30.8. The van der Waals surface area contributed by atoms with Crippen LogP contribution in [0.1, 0.15) is 28.2 Å².